The van der Waals surface area contributed by atoms with Crippen molar-refractivity contribution in [3.05, 3.63) is 58.9 Å². The number of aromatic amines is 1. The Hall–Kier alpha value is -2.49. The van der Waals surface area contributed by atoms with Gasteiger partial charge in [-0.05, 0) is 11.5 Å². The van der Waals surface area contributed by atoms with Gasteiger partial charge in [0, 0.05) is 34.8 Å². The van der Waals surface area contributed by atoms with Crippen LogP contribution in [0.4, 0.5) is 0 Å². The molecule has 0 aliphatic rings. The normalized spacial score (nSPS) is 11.8. The van der Waals surface area contributed by atoms with Gasteiger partial charge in [-0.15, -0.1) is 0 Å². The van der Waals surface area contributed by atoms with E-state index in [1.807, 2.05) is 51.2 Å². The number of aromatic nitrogens is 3. The van der Waals surface area contributed by atoms with Gasteiger partial charge in [-0.2, -0.15) is 0 Å². The van der Waals surface area contributed by atoms with E-state index >= 15 is 0 Å². The first kappa shape index (κ1) is 13.5. The summed E-state index contributed by atoms with van der Waals surface area (Å²) in [7, 11) is 0. The summed E-state index contributed by atoms with van der Waals surface area (Å²) in [6, 6.07) is 9.44. The van der Waals surface area contributed by atoms with Crippen molar-refractivity contribution >= 4 is 10.8 Å². The van der Waals surface area contributed by atoms with Crippen LogP contribution in [0.5, 0.6) is 0 Å². The highest BCUT2D eigenvalue weighted by Crippen LogP contribution is 2.27. The molecule has 0 spiro atoms. The van der Waals surface area contributed by atoms with Crippen molar-refractivity contribution in [2.24, 2.45) is 0 Å². The molecule has 0 saturated carbocycles. The molecule has 1 N–H and O–H groups in total. The van der Waals surface area contributed by atoms with Crippen molar-refractivity contribution < 1.29 is 0 Å². The molecule has 0 aliphatic carbocycles. The molecule has 3 aromatic rings. The molecule has 0 bridgehead atoms. The van der Waals surface area contributed by atoms with Crippen LogP contribution in [-0.4, -0.2) is 15.0 Å². The second-order valence-electron chi connectivity index (χ2n) is 6.13. The number of hydrogen-bond acceptors (Lipinski definition) is 3. The highest BCUT2D eigenvalue weighted by atomic mass is 16.1. The van der Waals surface area contributed by atoms with E-state index in [9.17, 15) is 4.79 Å². The largest absolute Gasteiger partial charge is 0.310 e. The molecule has 0 radical (unpaired) electrons. The van der Waals surface area contributed by atoms with Gasteiger partial charge in [0.25, 0.3) is 5.56 Å². The molecule has 21 heavy (non-hydrogen) atoms. The zero-order valence-electron chi connectivity index (χ0n) is 12.3. The fraction of sp³-hybridized carbons (Fsp3) is 0.235. The van der Waals surface area contributed by atoms with E-state index in [4.69, 9.17) is 0 Å². The first-order chi connectivity index (χ1) is 9.95. The zero-order chi connectivity index (χ0) is 15.0. The lowest BCUT2D eigenvalue weighted by Crippen LogP contribution is -2.21. The van der Waals surface area contributed by atoms with E-state index in [-0.39, 0.29) is 11.0 Å². The second kappa shape index (κ2) is 4.81. The van der Waals surface area contributed by atoms with Crippen LogP contribution in [0.25, 0.3) is 22.0 Å². The fourth-order valence-electron chi connectivity index (χ4n) is 2.30. The van der Waals surface area contributed by atoms with Gasteiger partial charge in [-0.25, -0.2) is 4.98 Å². The van der Waals surface area contributed by atoms with E-state index in [2.05, 4.69) is 15.0 Å². The maximum Gasteiger partial charge on any atom is 0.251 e. The Morgan fingerprint density at radius 3 is 2.71 bits per heavy atom. The van der Waals surface area contributed by atoms with Gasteiger partial charge in [0.2, 0.25) is 0 Å². The zero-order valence-corrected chi connectivity index (χ0v) is 12.3. The van der Waals surface area contributed by atoms with Crippen molar-refractivity contribution in [1.82, 2.24) is 15.0 Å². The third-order valence-electron chi connectivity index (χ3n) is 3.41. The summed E-state index contributed by atoms with van der Waals surface area (Å²) in [6.07, 6.45) is 3.57. The third kappa shape index (κ3) is 2.57. The first-order valence-electron chi connectivity index (χ1n) is 6.90. The van der Waals surface area contributed by atoms with Gasteiger partial charge in [0.05, 0.1) is 5.69 Å². The Morgan fingerprint density at radius 1 is 1.14 bits per heavy atom. The van der Waals surface area contributed by atoms with Crippen LogP contribution in [-0.2, 0) is 5.41 Å². The van der Waals surface area contributed by atoms with Crippen molar-refractivity contribution in [3.63, 3.8) is 0 Å². The molecule has 106 valence electrons. The van der Waals surface area contributed by atoms with Crippen LogP contribution >= 0.6 is 0 Å². The SMILES string of the molecule is CC(C)(C)c1nc(-c2cccc3cnccc23)cc(=O)[nH]1. The van der Waals surface area contributed by atoms with Gasteiger partial charge in [-0.1, -0.05) is 39.0 Å². The van der Waals surface area contributed by atoms with Crippen LogP contribution in [0.15, 0.2) is 47.5 Å². The third-order valence-corrected chi connectivity index (χ3v) is 3.41. The fourth-order valence-corrected chi connectivity index (χ4v) is 2.30. The molecule has 4 heteroatoms. The molecule has 0 unspecified atom stereocenters. The predicted molar refractivity (Wildman–Crippen MR) is 84.3 cm³/mol. The molecule has 0 fully saturated rings. The molecule has 0 atom stereocenters. The highest BCUT2D eigenvalue weighted by Gasteiger charge is 2.18. The van der Waals surface area contributed by atoms with Crippen LogP contribution in [0.3, 0.4) is 0 Å². The molecule has 0 aliphatic heterocycles. The first-order valence-corrected chi connectivity index (χ1v) is 6.90. The van der Waals surface area contributed by atoms with Crippen LogP contribution < -0.4 is 5.56 Å². The van der Waals surface area contributed by atoms with E-state index in [0.29, 0.717) is 11.5 Å². The standard InChI is InChI=1S/C17H17N3O/c1-17(2,3)16-19-14(9-15(21)20-16)13-6-4-5-11-10-18-8-7-12(11)13/h4-10H,1-3H3,(H,19,20,21). The molecule has 2 heterocycles. The summed E-state index contributed by atoms with van der Waals surface area (Å²) in [4.78, 5) is 23.6. The minimum atomic E-state index is -0.207. The lowest BCUT2D eigenvalue weighted by molar-refractivity contribution is 0.543. The number of H-pyrrole nitrogens is 1. The van der Waals surface area contributed by atoms with Gasteiger partial charge in [-0.3, -0.25) is 9.78 Å². The topological polar surface area (TPSA) is 58.6 Å². The van der Waals surface area contributed by atoms with Crippen LogP contribution in [0.1, 0.15) is 26.6 Å². The molecular weight excluding hydrogens is 262 g/mol. The van der Waals surface area contributed by atoms with Gasteiger partial charge in [0.15, 0.2) is 0 Å². The van der Waals surface area contributed by atoms with E-state index in [1.165, 1.54) is 0 Å². The average Bonchev–Trinajstić information content (AvgIpc) is 2.45. The lowest BCUT2D eigenvalue weighted by Gasteiger charge is -2.18. The Labute approximate surface area is 122 Å². The number of nitrogens with one attached hydrogen (secondary N) is 1. The van der Waals surface area contributed by atoms with Crippen LogP contribution in [0, 0.1) is 0 Å². The number of benzene rings is 1. The summed E-state index contributed by atoms with van der Waals surface area (Å²) in [5.74, 6) is 0.691. The van der Waals surface area contributed by atoms with Crippen molar-refractivity contribution in [1.29, 1.82) is 0 Å². The molecule has 1 aromatic carbocycles. The van der Waals surface area contributed by atoms with Crippen molar-refractivity contribution in [2.75, 3.05) is 0 Å². The van der Waals surface area contributed by atoms with E-state index < -0.39 is 0 Å². The number of fused-ring (bicyclic) bond motifs is 1. The molecule has 4 nitrogen and oxygen atoms in total. The van der Waals surface area contributed by atoms with E-state index in [0.717, 1.165) is 16.3 Å². The second-order valence-corrected chi connectivity index (χ2v) is 6.13. The molecule has 3 rings (SSSR count). The minimum Gasteiger partial charge on any atom is -0.310 e. The highest BCUT2D eigenvalue weighted by molar-refractivity contribution is 5.95. The maximum atomic E-state index is 12.0. The lowest BCUT2D eigenvalue weighted by atomic mass is 9.95. The summed E-state index contributed by atoms with van der Waals surface area (Å²) >= 11 is 0. The van der Waals surface area contributed by atoms with E-state index in [1.54, 1.807) is 12.3 Å². The average molecular weight is 279 g/mol. The molecule has 0 saturated heterocycles. The quantitative estimate of drug-likeness (QED) is 0.743. The molecular formula is C17H17N3O. The maximum absolute atomic E-state index is 12.0. The van der Waals surface area contributed by atoms with Crippen LogP contribution in [0.2, 0.25) is 0 Å². The van der Waals surface area contributed by atoms with Crippen molar-refractivity contribution in [3.8, 4) is 11.3 Å². The van der Waals surface area contributed by atoms with Crippen molar-refractivity contribution in [2.45, 2.75) is 26.2 Å². The summed E-state index contributed by atoms with van der Waals surface area (Å²) in [5, 5.41) is 2.08. The summed E-state index contributed by atoms with van der Waals surface area (Å²) < 4.78 is 0. The Bertz CT molecular complexity index is 854. The summed E-state index contributed by atoms with van der Waals surface area (Å²) in [6.45, 7) is 6.09. The number of rotatable bonds is 1. The number of nitrogens with zero attached hydrogens (tertiary/aromatic N) is 2. The predicted octanol–water partition coefficient (Wildman–Crippen LogP) is 3.28. The molecule has 0 amide bonds. The summed E-state index contributed by atoms with van der Waals surface area (Å²) in [5.41, 5.74) is 1.31. The van der Waals surface area contributed by atoms with Gasteiger partial charge < -0.3 is 4.98 Å². The Kier molecular flexibility index (Phi) is 3.09. The number of pyridine rings is 1. The number of hydrogen-bond donors (Lipinski definition) is 1. The Balaban J connectivity index is 2.29. The molecule has 2 aromatic heterocycles. The van der Waals surface area contributed by atoms with Gasteiger partial charge in [0.1, 0.15) is 5.82 Å². The van der Waals surface area contributed by atoms with Gasteiger partial charge >= 0.3 is 0 Å². The monoisotopic (exact) mass is 279 g/mol. The Morgan fingerprint density at radius 2 is 1.95 bits per heavy atom. The minimum absolute atomic E-state index is 0.129. The smallest absolute Gasteiger partial charge is 0.251 e.